The van der Waals surface area contributed by atoms with Gasteiger partial charge in [-0.3, -0.25) is 14.4 Å². The zero-order chi connectivity index (χ0) is 16.9. The number of phenols is 1. The monoisotopic (exact) mass is 321 g/mol. The molecule has 0 aromatic heterocycles. The number of fused-ring (bicyclic) bond motifs is 2. The topological polar surface area (TPSA) is 124 Å². The van der Waals surface area contributed by atoms with Gasteiger partial charge in [0.1, 0.15) is 24.1 Å². The lowest BCUT2D eigenvalue weighted by Crippen LogP contribution is -2.30. The molecule has 2 aliphatic heterocycles. The number of carbonyl (C=O) groups excluding carboxylic acids is 1. The zero-order valence-corrected chi connectivity index (χ0v) is 12.3. The van der Waals surface area contributed by atoms with E-state index in [1.54, 1.807) is 0 Å². The summed E-state index contributed by atoms with van der Waals surface area (Å²) in [6.45, 7) is 1.08. The van der Waals surface area contributed by atoms with Gasteiger partial charge in [0, 0.05) is 17.5 Å². The van der Waals surface area contributed by atoms with Gasteiger partial charge in [0.15, 0.2) is 0 Å². The Morgan fingerprint density at radius 1 is 1.39 bits per heavy atom. The van der Waals surface area contributed by atoms with Crippen molar-refractivity contribution >= 4 is 17.8 Å². The number of hydrogen-bond donors (Lipinski definition) is 3. The van der Waals surface area contributed by atoms with Crippen LogP contribution >= 0.6 is 0 Å². The van der Waals surface area contributed by atoms with Gasteiger partial charge in [0.25, 0.3) is 5.91 Å². The van der Waals surface area contributed by atoms with Crippen molar-refractivity contribution in [1.29, 1.82) is 0 Å². The SMILES string of the molecule is C[C@@H](C(=O)O)[C@@H]1Cc2c(cc3c(c2O)CN(CC(=O)O)C3=O)O1. The van der Waals surface area contributed by atoms with Crippen LogP contribution in [-0.2, 0) is 22.6 Å². The van der Waals surface area contributed by atoms with Crippen molar-refractivity contribution in [3.63, 3.8) is 0 Å². The van der Waals surface area contributed by atoms with E-state index >= 15 is 0 Å². The molecule has 0 fully saturated rings. The Kier molecular flexibility index (Phi) is 3.39. The second-order valence-corrected chi connectivity index (χ2v) is 5.77. The number of carboxylic acids is 2. The van der Waals surface area contributed by atoms with Crippen LogP contribution in [0.4, 0.5) is 0 Å². The summed E-state index contributed by atoms with van der Waals surface area (Å²) in [5.41, 5.74) is 1.03. The molecule has 1 aromatic rings. The van der Waals surface area contributed by atoms with Crippen molar-refractivity contribution in [3.8, 4) is 11.5 Å². The summed E-state index contributed by atoms with van der Waals surface area (Å²) in [5, 5.41) is 28.3. The first-order valence-corrected chi connectivity index (χ1v) is 7.07. The molecule has 1 amide bonds. The Morgan fingerprint density at radius 3 is 2.70 bits per heavy atom. The van der Waals surface area contributed by atoms with Gasteiger partial charge in [-0.25, -0.2) is 0 Å². The highest BCUT2D eigenvalue weighted by Crippen LogP contribution is 2.44. The molecule has 0 unspecified atom stereocenters. The van der Waals surface area contributed by atoms with E-state index in [4.69, 9.17) is 14.9 Å². The van der Waals surface area contributed by atoms with Crippen LogP contribution in [-0.4, -0.2) is 50.7 Å². The Hall–Kier alpha value is -2.77. The van der Waals surface area contributed by atoms with Crippen LogP contribution in [0.5, 0.6) is 11.5 Å². The second kappa shape index (κ2) is 5.15. The molecule has 0 radical (unpaired) electrons. The molecule has 0 spiro atoms. The Bertz CT molecular complexity index is 727. The van der Waals surface area contributed by atoms with E-state index in [0.29, 0.717) is 11.1 Å². The molecule has 0 bridgehead atoms. The van der Waals surface area contributed by atoms with E-state index in [1.807, 2.05) is 0 Å². The van der Waals surface area contributed by atoms with Crippen molar-refractivity contribution in [2.24, 2.45) is 5.92 Å². The highest BCUT2D eigenvalue weighted by atomic mass is 16.5. The maximum absolute atomic E-state index is 12.2. The maximum atomic E-state index is 12.2. The van der Waals surface area contributed by atoms with Crippen LogP contribution in [0.1, 0.15) is 28.4 Å². The maximum Gasteiger partial charge on any atom is 0.323 e. The molecule has 122 valence electrons. The lowest BCUT2D eigenvalue weighted by molar-refractivity contribution is -0.144. The lowest BCUT2D eigenvalue weighted by atomic mass is 9.97. The number of aromatic hydroxyl groups is 1. The van der Waals surface area contributed by atoms with Crippen LogP contribution in [0.2, 0.25) is 0 Å². The van der Waals surface area contributed by atoms with Gasteiger partial charge in [0.05, 0.1) is 18.0 Å². The minimum absolute atomic E-state index is 0.0126. The van der Waals surface area contributed by atoms with Gasteiger partial charge >= 0.3 is 11.9 Å². The third-order valence-electron chi connectivity index (χ3n) is 4.29. The number of phenolic OH excluding ortho intramolecular Hbond substituents is 1. The molecule has 8 heteroatoms. The van der Waals surface area contributed by atoms with E-state index in [9.17, 15) is 19.5 Å². The molecular weight excluding hydrogens is 306 g/mol. The average molecular weight is 321 g/mol. The molecule has 2 heterocycles. The van der Waals surface area contributed by atoms with Crippen molar-refractivity contribution in [3.05, 3.63) is 22.8 Å². The number of benzene rings is 1. The largest absolute Gasteiger partial charge is 0.507 e. The molecule has 23 heavy (non-hydrogen) atoms. The summed E-state index contributed by atoms with van der Waals surface area (Å²) < 4.78 is 5.57. The first-order chi connectivity index (χ1) is 10.8. The second-order valence-electron chi connectivity index (χ2n) is 5.77. The Morgan fingerprint density at radius 2 is 2.09 bits per heavy atom. The average Bonchev–Trinajstić information content (AvgIpc) is 3.02. The minimum Gasteiger partial charge on any atom is -0.507 e. The molecule has 2 atom stereocenters. The minimum atomic E-state index is -1.13. The van der Waals surface area contributed by atoms with Crippen molar-refractivity contribution in [2.45, 2.75) is 26.0 Å². The molecule has 1 aromatic carbocycles. The Balaban J connectivity index is 1.92. The third-order valence-corrected chi connectivity index (χ3v) is 4.29. The van der Waals surface area contributed by atoms with E-state index in [1.165, 1.54) is 13.0 Å². The molecule has 0 saturated heterocycles. The highest BCUT2D eigenvalue weighted by Gasteiger charge is 2.39. The predicted octanol–water partition coefficient (Wildman–Crippen LogP) is 0.457. The van der Waals surface area contributed by atoms with E-state index in [2.05, 4.69) is 0 Å². The fourth-order valence-electron chi connectivity index (χ4n) is 2.95. The number of carboxylic acid groups (broad SMARTS) is 2. The molecule has 3 N–H and O–H groups in total. The van der Waals surface area contributed by atoms with Gasteiger partial charge in [-0.15, -0.1) is 0 Å². The first kappa shape index (κ1) is 15.1. The predicted molar refractivity (Wildman–Crippen MR) is 75.4 cm³/mol. The number of amides is 1. The third kappa shape index (κ3) is 2.36. The van der Waals surface area contributed by atoms with Crippen molar-refractivity contribution in [1.82, 2.24) is 4.90 Å². The first-order valence-electron chi connectivity index (χ1n) is 7.07. The molecule has 8 nitrogen and oxygen atoms in total. The van der Waals surface area contributed by atoms with Crippen molar-refractivity contribution in [2.75, 3.05) is 6.54 Å². The normalized spacial score (nSPS) is 20.0. The summed E-state index contributed by atoms with van der Waals surface area (Å²) in [6.07, 6.45) is -0.379. The van der Waals surface area contributed by atoms with Gasteiger partial charge in [-0.2, -0.15) is 0 Å². The summed E-state index contributed by atoms with van der Waals surface area (Å²) in [6, 6.07) is 1.46. The number of ether oxygens (including phenoxy) is 1. The van der Waals surface area contributed by atoms with Crippen LogP contribution < -0.4 is 4.74 Å². The number of hydrogen-bond acceptors (Lipinski definition) is 5. The molecular formula is C15H15NO7. The van der Waals surface area contributed by atoms with Crippen LogP contribution in [0.3, 0.4) is 0 Å². The summed E-state index contributed by atoms with van der Waals surface area (Å²) >= 11 is 0. The number of rotatable bonds is 4. The molecule has 3 rings (SSSR count). The summed E-state index contributed by atoms with van der Waals surface area (Å²) in [4.78, 5) is 35.2. The quantitative estimate of drug-likeness (QED) is 0.735. The van der Waals surface area contributed by atoms with Gasteiger partial charge in [-0.05, 0) is 13.0 Å². The number of carbonyl (C=O) groups is 3. The van der Waals surface area contributed by atoms with Crippen LogP contribution in [0, 0.1) is 5.92 Å². The van der Waals surface area contributed by atoms with Crippen molar-refractivity contribution < 1.29 is 34.4 Å². The van der Waals surface area contributed by atoms with Gasteiger partial charge in [-0.1, -0.05) is 0 Å². The fourth-order valence-corrected chi connectivity index (χ4v) is 2.95. The smallest absolute Gasteiger partial charge is 0.323 e. The van der Waals surface area contributed by atoms with E-state index in [-0.39, 0.29) is 30.0 Å². The van der Waals surface area contributed by atoms with E-state index < -0.39 is 36.4 Å². The standard InChI is InChI=1S/C15H15NO7/c1-6(15(21)22)10-3-8-11(23-10)2-7-9(13(8)19)4-16(14(7)20)5-12(17)18/h2,6,10,19H,3-5H2,1H3,(H,17,18)(H,21,22)/t6-,10+/m1/s1. The van der Waals surface area contributed by atoms with Gasteiger partial charge < -0.3 is 25.0 Å². The fraction of sp³-hybridized carbons (Fsp3) is 0.400. The van der Waals surface area contributed by atoms with E-state index in [0.717, 1.165) is 4.90 Å². The number of aliphatic carboxylic acids is 2. The lowest BCUT2D eigenvalue weighted by Gasteiger charge is -2.14. The molecule has 2 aliphatic rings. The van der Waals surface area contributed by atoms with Crippen LogP contribution in [0.15, 0.2) is 6.07 Å². The number of nitrogens with zero attached hydrogens (tertiary/aromatic N) is 1. The summed E-state index contributed by atoms with van der Waals surface area (Å²) in [5.74, 6) is -3.21. The highest BCUT2D eigenvalue weighted by molar-refractivity contribution is 6.01. The Labute approximate surface area is 130 Å². The summed E-state index contributed by atoms with van der Waals surface area (Å²) in [7, 11) is 0. The molecule has 0 saturated carbocycles. The molecule has 0 aliphatic carbocycles. The zero-order valence-electron chi connectivity index (χ0n) is 12.3. The van der Waals surface area contributed by atoms with Gasteiger partial charge in [0.2, 0.25) is 0 Å². The van der Waals surface area contributed by atoms with Crippen LogP contribution in [0.25, 0.3) is 0 Å².